The van der Waals surface area contributed by atoms with E-state index >= 15 is 0 Å². The number of benzene rings is 1. The molecule has 0 saturated carbocycles. The van der Waals surface area contributed by atoms with Crippen LogP contribution in [-0.2, 0) is 6.54 Å². The zero-order chi connectivity index (χ0) is 13.0. The van der Waals surface area contributed by atoms with Crippen LogP contribution in [0.4, 0.5) is 0 Å². The van der Waals surface area contributed by atoms with E-state index in [1.807, 2.05) is 36.4 Å². The number of halogens is 2. The molecule has 1 N–H and O–H groups in total. The quantitative estimate of drug-likeness (QED) is 0.848. The maximum atomic E-state index is 6.15. The average molecular weight is 281 g/mol. The molecule has 18 heavy (non-hydrogen) atoms. The Morgan fingerprint density at radius 3 is 2.67 bits per heavy atom. The first-order valence-electron chi connectivity index (χ1n) is 5.75. The van der Waals surface area contributed by atoms with Crippen LogP contribution in [0.2, 0.25) is 10.2 Å². The average Bonchev–Trinajstić information content (AvgIpc) is 2.38. The normalized spacial score (nSPS) is 12.4. The molecule has 0 amide bonds. The van der Waals surface area contributed by atoms with Gasteiger partial charge in [-0.15, -0.1) is 0 Å². The van der Waals surface area contributed by atoms with Gasteiger partial charge in [0.2, 0.25) is 0 Å². The van der Waals surface area contributed by atoms with Crippen molar-refractivity contribution in [2.45, 2.75) is 19.5 Å². The highest BCUT2D eigenvalue weighted by Crippen LogP contribution is 2.22. The first-order valence-corrected chi connectivity index (χ1v) is 6.51. The van der Waals surface area contributed by atoms with Crippen molar-refractivity contribution < 1.29 is 0 Å². The lowest BCUT2D eigenvalue weighted by Gasteiger charge is -2.15. The van der Waals surface area contributed by atoms with Crippen molar-refractivity contribution in [3.63, 3.8) is 0 Å². The van der Waals surface area contributed by atoms with Crippen molar-refractivity contribution in [3.8, 4) is 0 Å². The summed E-state index contributed by atoms with van der Waals surface area (Å²) < 4.78 is 0. The van der Waals surface area contributed by atoms with Crippen LogP contribution in [0.5, 0.6) is 0 Å². The summed E-state index contributed by atoms with van der Waals surface area (Å²) in [6.07, 6.45) is 1.68. The van der Waals surface area contributed by atoms with E-state index in [9.17, 15) is 0 Å². The van der Waals surface area contributed by atoms with Gasteiger partial charge in [-0.05, 0) is 24.6 Å². The van der Waals surface area contributed by atoms with Crippen molar-refractivity contribution in [2.24, 2.45) is 0 Å². The number of nitrogens with zero attached hydrogens (tertiary/aromatic N) is 1. The minimum Gasteiger partial charge on any atom is -0.306 e. The summed E-state index contributed by atoms with van der Waals surface area (Å²) in [5.41, 5.74) is 2.07. The molecule has 1 heterocycles. The summed E-state index contributed by atoms with van der Waals surface area (Å²) in [5.74, 6) is 0. The minimum absolute atomic E-state index is 0.162. The van der Waals surface area contributed by atoms with Gasteiger partial charge in [0, 0.05) is 29.4 Å². The van der Waals surface area contributed by atoms with Crippen LogP contribution in [-0.4, -0.2) is 4.98 Å². The Kier molecular flexibility index (Phi) is 4.59. The van der Waals surface area contributed by atoms with Crippen LogP contribution < -0.4 is 5.32 Å². The molecule has 0 radical (unpaired) electrons. The van der Waals surface area contributed by atoms with E-state index in [0.29, 0.717) is 11.7 Å². The molecule has 0 spiro atoms. The number of nitrogens with one attached hydrogen (secondary N) is 1. The van der Waals surface area contributed by atoms with E-state index in [1.54, 1.807) is 6.20 Å². The minimum atomic E-state index is 0.162. The van der Waals surface area contributed by atoms with E-state index in [0.717, 1.165) is 16.1 Å². The molecule has 2 aromatic rings. The highest BCUT2D eigenvalue weighted by molar-refractivity contribution is 6.31. The Morgan fingerprint density at radius 1 is 1.17 bits per heavy atom. The Hall–Kier alpha value is -1.09. The summed E-state index contributed by atoms with van der Waals surface area (Å²) in [7, 11) is 0. The third-order valence-corrected chi connectivity index (χ3v) is 3.49. The summed E-state index contributed by atoms with van der Waals surface area (Å²) in [6, 6.07) is 11.8. The van der Waals surface area contributed by atoms with Gasteiger partial charge in [0.25, 0.3) is 0 Å². The van der Waals surface area contributed by atoms with Gasteiger partial charge in [-0.3, -0.25) is 0 Å². The number of hydrogen-bond donors (Lipinski definition) is 1. The van der Waals surface area contributed by atoms with Gasteiger partial charge >= 0.3 is 0 Å². The second-order valence-electron chi connectivity index (χ2n) is 4.08. The van der Waals surface area contributed by atoms with Gasteiger partial charge in [0.15, 0.2) is 0 Å². The van der Waals surface area contributed by atoms with Gasteiger partial charge in [-0.1, -0.05) is 47.5 Å². The molecular weight excluding hydrogens is 267 g/mol. The standard InChI is InChI=1S/C14H14Cl2N2/c1-10(12-6-2-3-7-13(12)15)18-9-11-5-4-8-17-14(11)16/h2-8,10,18H,9H2,1H3/t10-/m0/s1. The zero-order valence-electron chi connectivity index (χ0n) is 10.0. The highest BCUT2D eigenvalue weighted by Gasteiger charge is 2.09. The van der Waals surface area contributed by atoms with E-state index in [4.69, 9.17) is 23.2 Å². The molecule has 0 bridgehead atoms. The molecule has 2 rings (SSSR count). The summed E-state index contributed by atoms with van der Waals surface area (Å²) >= 11 is 12.2. The lowest BCUT2D eigenvalue weighted by Crippen LogP contribution is -2.18. The van der Waals surface area contributed by atoms with Crippen LogP contribution in [0, 0.1) is 0 Å². The van der Waals surface area contributed by atoms with E-state index in [-0.39, 0.29) is 6.04 Å². The van der Waals surface area contributed by atoms with Crippen molar-refractivity contribution in [1.82, 2.24) is 10.3 Å². The van der Waals surface area contributed by atoms with Crippen LogP contribution in [0.1, 0.15) is 24.1 Å². The SMILES string of the molecule is C[C@H](NCc1cccnc1Cl)c1ccccc1Cl. The molecule has 0 unspecified atom stereocenters. The second-order valence-corrected chi connectivity index (χ2v) is 4.84. The first kappa shape index (κ1) is 13.3. The van der Waals surface area contributed by atoms with Gasteiger partial charge in [0.05, 0.1) is 0 Å². The van der Waals surface area contributed by atoms with E-state index < -0.39 is 0 Å². The number of hydrogen-bond acceptors (Lipinski definition) is 2. The van der Waals surface area contributed by atoms with Crippen molar-refractivity contribution >= 4 is 23.2 Å². The van der Waals surface area contributed by atoms with Crippen molar-refractivity contribution in [2.75, 3.05) is 0 Å². The predicted octanol–water partition coefficient (Wildman–Crippen LogP) is 4.24. The fourth-order valence-electron chi connectivity index (χ4n) is 1.75. The lowest BCUT2D eigenvalue weighted by atomic mass is 10.1. The highest BCUT2D eigenvalue weighted by atomic mass is 35.5. The van der Waals surface area contributed by atoms with Gasteiger partial charge in [-0.2, -0.15) is 0 Å². The fraction of sp³-hybridized carbons (Fsp3) is 0.214. The van der Waals surface area contributed by atoms with Gasteiger partial charge < -0.3 is 5.32 Å². The van der Waals surface area contributed by atoms with Crippen LogP contribution >= 0.6 is 23.2 Å². The number of aromatic nitrogens is 1. The van der Waals surface area contributed by atoms with E-state index in [2.05, 4.69) is 17.2 Å². The summed E-state index contributed by atoms with van der Waals surface area (Å²) in [6.45, 7) is 2.74. The maximum absolute atomic E-state index is 6.15. The predicted molar refractivity (Wildman–Crippen MR) is 76.0 cm³/mol. The molecule has 4 heteroatoms. The van der Waals surface area contributed by atoms with Crippen LogP contribution in [0.25, 0.3) is 0 Å². The molecule has 2 nitrogen and oxygen atoms in total. The van der Waals surface area contributed by atoms with Crippen LogP contribution in [0.15, 0.2) is 42.6 Å². The maximum Gasteiger partial charge on any atom is 0.133 e. The molecule has 0 fully saturated rings. The Balaban J connectivity index is 2.03. The molecule has 1 atom stereocenters. The molecule has 94 valence electrons. The van der Waals surface area contributed by atoms with Crippen LogP contribution in [0.3, 0.4) is 0 Å². The summed E-state index contributed by atoms with van der Waals surface area (Å²) in [5, 5.41) is 4.70. The van der Waals surface area contributed by atoms with Gasteiger partial charge in [-0.25, -0.2) is 4.98 Å². The molecule has 0 aliphatic heterocycles. The summed E-state index contributed by atoms with van der Waals surface area (Å²) in [4.78, 5) is 4.05. The van der Waals surface area contributed by atoms with Crippen molar-refractivity contribution in [3.05, 3.63) is 63.9 Å². The molecular formula is C14H14Cl2N2. The Morgan fingerprint density at radius 2 is 1.94 bits per heavy atom. The lowest BCUT2D eigenvalue weighted by molar-refractivity contribution is 0.574. The third-order valence-electron chi connectivity index (χ3n) is 2.81. The third kappa shape index (κ3) is 3.22. The molecule has 1 aromatic heterocycles. The smallest absolute Gasteiger partial charge is 0.133 e. The number of rotatable bonds is 4. The Labute approximate surface area is 117 Å². The van der Waals surface area contributed by atoms with Gasteiger partial charge in [0.1, 0.15) is 5.15 Å². The number of pyridine rings is 1. The van der Waals surface area contributed by atoms with E-state index in [1.165, 1.54) is 0 Å². The fourth-order valence-corrected chi connectivity index (χ4v) is 2.24. The molecule has 0 saturated heterocycles. The molecule has 1 aromatic carbocycles. The molecule has 0 aliphatic rings. The van der Waals surface area contributed by atoms with Crippen molar-refractivity contribution in [1.29, 1.82) is 0 Å². The molecule has 0 aliphatic carbocycles. The zero-order valence-corrected chi connectivity index (χ0v) is 11.5. The monoisotopic (exact) mass is 280 g/mol. The Bertz CT molecular complexity index is 529. The first-order chi connectivity index (χ1) is 8.68. The second kappa shape index (κ2) is 6.19. The largest absolute Gasteiger partial charge is 0.306 e. The topological polar surface area (TPSA) is 24.9 Å².